The van der Waals surface area contributed by atoms with E-state index in [9.17, 15) is 17.6 Å². The number of carbonyl (C=O) groups excluding carboxylic acids is 1. The maximum Gasteiger partial charge on any atom is 0.283 e. The highest BCUT2D eigenvalue weighted by Crippen LogP contribution is 2.36. The lowest BCUT2D eigenvalue weighted by atomic mass is 9.96. The maximum absolute atomic E-state index is 15.0. The van der Waals surface area contributed by atoms with Crippen molar-refractivity contribution >= 4 is 15.9 Å². The van der Waals surface area contributed by atoms with E-state index in [4.69, 9.17) is 0 Å². The van der Waals surface area contributed by atoms with E-state index in [2.05, 4.69) is 11.3 Å². The van der Waals surface area contributed by atoms with Gasteiger partial charge in [0.15, 0.2) is 0 Å². The van der Waals surface area contributed by atoms with E-state index in [0.717, 1.165) is 4.90 Å². The fourth-order valence-corrected chi connectivity index (χ4v) is 4.82. The molecule has 1 heterocycles. The number of amides is 1. The summed E-state index contributed by atoms with van der Waals surface area (Å²) in [6.45, 7) is 5.82. The van der Waals surface area contributed by atoms with Gasteiger partial charge in [-0.05, 0) is 48.6 Å². The van der Waals surface area contributed by atoms with Gasteiger partial charge in [-0.2, -0.15) is 0 Å². The van der Waals surface area contributed by atoms with Crippen LogP contribution in [0.1, 0.15) is 25.8 Å². The van der Waals surface area contributed by atoms with Crippen LogP contribution in [0.5, 0.6) is 0 Å². The largest absolute Gasteiger partial charge is 0.328 e. The molecule has 0 unspecified atom stereocenters. The Kier molecular flexibility index (Phi) is 7.33. The Morgan fingerprint density at radius 3 is 2.39 bits per heavy atom. The lowest BCUT2D eigenvalue weighted by Crippen LogP contribution is -2.52. The molecule has 1 aliphatic rings. The van der Waals surface area contributed by atoms with Gasteiger partial charge < -0.3 is 4.90 Å². The van der Waals surface area contributed by atoms with Crippen LogP contribution in [0, 0.1) is 5.82 Å². The van der Waals surface area contributed by atoms with Gasteiger partial charge >= 0.3 is 0 Å². The summed E-state index contributed by atoms with van der Waals surface area (Å²) in [6, 6.07) is 9.99. The second-order valence-electron chi connectivity index (χ2n) is 8.13. The summed E-state index contributed by atoms with van der Waals surface area (Å²) in [6.07, 6.45) is 0.270. The molecule has 0 spiro atoms. The summed E-state index contributed by atoms with van der Waals surface area (Å²) >= 11 is 0. The van der Waals surface area contributed by atoms with Gasteiger partial charge in [-0.25, -0.2) is 26.3 Å². The minimum Gasteiger partial charge on any atom is -0.328 e. The van der Waals surface area contributed by atoms with E-state index >= 15 is 8.78 Å². The molecular formula is C24H27F3N2O3S. The smallest absolute Gasteiger partial charge is 0.283 e. The number of nitrogens with zero attached hydrogens (tertiary/aromatic N) is 1. The van der Waals surface area contributed by atoms with Gasteiger partial charge in [-0.3, -0.25) is 4.79 Å². The van der Waals surface area contributed by atoms with Crippen LogP contribution in [0.4, 0.5) is 13.2 Å². The van der Waals surface area contributed by atoms with E-state index < -0.39 is 46.3 Å². The van der Waals surface area contributed by atoms with Crippen molar-refractivity contribution in [2.45, 2.75) is 44.7 Å². The van der Waals surface area contributed by atoms with Crippen LogP contribution in [0.25, 0.3) is 11.1 Å². The average molecular weight is 481 g/mol. The first-order chi connectivity index (χ1) is 15.5. The predicted molar refractivity (Wildman–Crippen MR) is 122 cm³/mol. The molecule has 33 heavy (non-hydrogen) atoms. The minimum atomic E-state index is -3.96. The van der Waals surface area contributed by atoms with Gasteiger partial charge in [0.1, 0.15) is 11.9 Å². The molecule has 2 atom stereocenters. The van der Waals surface area contributed by atoms with Crippen molar-refractivity contribution in [1.82, 2.24) is 9.62 Å². The average Bonchev–Trinajstić information content (AvgIpc) is 3.02. The molecule has 0 bridgehead atoms. The highest BCUT2D eigenvalue weighted by Gasteiger charge is 2.57. The number of halogens is 3. The van der Waals surface area contributed by atoms with Gasteiger partial charge in [-0.15, -0.1) is 0 Å². The zero-order valence-electron chi connectivity index (χ0n) is 18.5. The number of benzene rings is 2. The molecule has 5 nitrogen and oxygen atoms in total. The molecule has 2 aromatic rings. The Morgan fingerprint density at radius 2 is 1.79 bits per heavy atom. The monoisotopic (exact) mass is 480 g/mol. The zero-order valence-corrected chi connectivity index (χ0v) is 19.3. The molecule has 1 saturated heterocycles. The quantitative estimate of drug-likeness (QED) is 0.577. The van der Waals surface area contributed by atoms with E-state index in [1.807, 2.05) is 0 Å². The maximum atomic E-state index is 15.0. The molecular weight excluding hydrogens is 453 g/mol. The molecule has 178 valence electrons. The molecule has 2 aromatic carbocycles. The highest BCUT2D eigenvalue weighted by atomic mass is 32.2. The van der Waals surface area contributed by atoms with Crippen molar-refractivity contribution in [1.29, 1.82) is 0 Å². The van der Waals surface area contributed by atoms with Crippen molar-refractivity contribution in [2.75, 3.05) is 12.3 Å². The lowest BCUT2D eigenvalue weighted by Gasteiger charge is -2.29. The number of nitrogens with one attached hydrogen (secondary N) is 1. The topological polar surface area (TPSA) is 66.5 Å². The number of hydrogen-bond acceptors (Lipinski definition) is 3. The molecule has 1 fully saturated rings. The van der Waals surface area contributed by atoms with Crippen molar-refractivity contribution in [3.05, 3.63) is 72.1 Å². The van der Waals surface area contributed by atoms with E-state index in [1.165, 1.54) is 19.1 Å². The summed E-state index contributed by atoms with van der Waals surface area (Å²) in [5.74, 6) is -4.85. The molecule has 0 saturated carbocycles. The molecule has 0 aromatic heterocycles. The fourth-order valence-electron chi connectivity index (χ4n) is 3.94. The van der Waals surface area contributed by atoms with Crippen molar-refractivity contribution in [2.24, 2.45) is 0 Å². The molecule has 0 radical (unpaired) electrons. The summed E-state index contributed by atoms with van der Waals surface area (Å²) < 4.78 is 70.1. The minimum absolute atomic E-state index is 0.0155. The summed E-state index contributed by atoms with van der Waals surface area (Å²) in [5, 5.41) is 0. The molecule has 9 heteroatoms. The highest BCUT2D eigenvalue weighted by molar-refractivity contribution is 7.89. The van der Waals surface area contributed by atoms with Crippen LogP contribution in [0.15, 0.2) is 60.7 Å². The van der Waals surface area contributed by atoms with Crippen LogP contribution < -0.4 is 4.72 Å². The van der Waals surface area contributed by atoms with Gasteiger partial charge in [0.05, 0.1) is 18.3 Å². The third-order valence-corrected chi connectivity index (χ3v) is 7.20. The first-order valence-corrected chi connectivity index (χ1v) is 12.3. The number of hydrogen-bond donors (Lipinski definition) is 1. The number of sulfonamides is 1. The first kappa shape index (κ1) is 25.0. The summed E-state index contributed by atoms with van der Waals surface area (Å²) in [5.41, 5.74) is 2.07. The van der Waals surface area contributed by atoms with Crippen molar-refractivity contribution in [3.63, 3.8) is 0 Å². The standard InChI is InChI=1S/C24H27F3N2O3S/c1-4-16(3)23(30)29-15-24(26,27)22(28-33(31,32)5-2)21(29)13-17-8-6-9-18(12-17)19-10-7-11-20(25)14-19/h6-12,14,21-22,28H,3-5,13,15H2,1-2H3/t21-,22+/m0/s1. The third kappa shape index (κ3) is 5.65. The predicted octanol–water partition coefficient (Wildman–Crippen LogP) is 4.16. The normalized spacial score (nSPS) is 20.1. The van der Waals surface area contributed by atoms with Crippen LogP contribution in [0.2, 0.25) is 0 Å². The van der Waals surface area contributed by atoms with Crippen molar-refractivity contribution < 1.29 is 26.4 Å². The fraction of sp³-hybridized carbons (Fsp3) is 0.375. The Labute approximate surface area is 192 Å². The third-order valence-electron chi connectivity index (χ3n) is 5.83. The molecule has 1 aliphatic heterocycles. The van der Waals surface area contributed by atoms with Gasteiger partial charge in [0.25, 0.3) is 5.92 Å². The second kappa shape index (κ2) is 9.69. The van der Waals surface area contributed by atoms with Gasteiger partial charge in [0.2, 0.25) is 15.9 Å². The lowest BCUT2D eigenvalue weighted by molar-refractivity contribution is -0.129. The van der Waals surface area contributed by atoms with E-state index in [1.54, 1.807) is 43.3 Å². The number of likely N-dealkylation sites (tertiary alicyclic amines) is 1. The Bertz CT molecular complexity index is 1150. The summed E-state index contributed by atoms with van der Waals surface area (Å²) in [7, 11) is -3.96. The summed E-state index contributed by atoms with van der Waals surface area (Å²) in [4.78, 5) is 13.9. The molecule has 0 aliphatic carbocycles. The Morgan fingerprint density at radius 1 is 1.15 bits per heavy atom. The van der Waals surface area contributed by atoms with Gasteiger partial charge in [0, 0.05) is 5.57 Å². The van der Waals surface area contributed by atoms with Crippen LogP contribution >= 0.6 is 0 Å². The van der Waals surface area contributed by atoms with Crippen molar-refractivity contribution in [3.8, 4) is 11.1 Å². The number of rotatable bonds is 8. The van der Waals surface area contributed by atoms with E-state index in [0.29, 0.717) is 16.7 Å². The van der Waals surface area contributed by atoms with Crippen LogP contribution in [-0.4, -0.2) is 49.5 Å². The van der Waals surface area contributed by atoms with Gasteiger partial charge in [-0.1, -0.05) is 49.9 Å². The molecule has 3 rings (SSSR count). The zero-order chi connectivity index (χ0) is 24.4. The molecule has 1 N–H and O–H groups in total. The van der Waals surface area contributed by atoms with E-state index in [-0.39, 0.29) is 24.2 Å². The second-order valence-corrected chi connectivity index (χ2v) is 10.2. The number of carbonyl (C=O) groups is 1. The first-order valence-electron chi connectivity index (χ1n) is 10.7. The Balaban J connectivity index is 2.00. The molecule has 1 amide bonds. The Hall–Kier alpha value is -2.65. The SMILES string of the molecule is C=C(CC)C(=O)N1CC(F)(F)[C@H](NS(=O)(=O)CC)[C@@H]1Cc1cccc(-c2cccc(F)c2)c1. The number of alkyl halides is 2. The van der Waals surface area contributed by atoms with Crippen LogP contribution in [0.3, 0.4) is 0 Å². The van der Waals surface area contributed by atoms with Crippen LogP contribution in [-0.2, 0) is 21.2 Å².